The molecule has 1 amide bonds. The monoisotopic (exact) mass is 272 g/mol. The molecule has 0 aliphatic carbocycles. The number of nitrogens with zero attached hydrogens (tertiary/aromatic N) is 3. The fraction of sp³-hybridized carbons (Fsp3) is 0.214. The Morgan fingerprint density at radius 1 is 1.30 bits per heavy atom. The molecule has 0 saturated heterocycles. The summed E-state index contributed by atoms with van der Waals surface area (Å²) in [6.45, 7) is 0. The van der Waals surface area contributed by atoms with E-state index in [0.29, 0.717) is 11.6 Å². The van der Waals surface area contributed by atoms with E-state index in [-0.39, 0.29) is 11.6 Å². The van der Waals surface area contributed by atoms with E-state index in [1.165, 1.54) is 17.3 Å². The van der Waals surface area contributed by atoms with Crippen LogP contribution in [0.3, 0.4) is 0 Å². The second-order valence-corrected chi connectivity index (χ2v) is 4.10. The summed E-state index contributed by atoms with van der Waals surface area (Å²) >= 11 is 0. The summed E-state index contributed by atoms with van der Waals surface area (Å²) in [6.07, 6.45) is 2.97. The Kier molecular flexibility index (Phi) is 4.14. The van der Waals surface area contributed by atoms with Crippen molar-refractivity contribution in [3.63, 3.8) is 0 Å². The molecule has 20 heavy (non-hydrogen) atoms. The summed E-state index contributed by atoms with van der Waals surface area (Å²) in [4.78, 5) is 22.0. The lowest BCUT2D eigenvalue weighted by Crippen LogP contribution is -2.27. The Bertz CT molecular complexity index is 598. The maximum Gasteiger partial charge on any atom is 0.278 e. The second kappa shape index (κ2) is 6.01. The minimum Gasteiger partial charge on any atom is -0.497 e. The smallest absolute Gasteiger partial charge is 0.278 e. The van der Waals surface area contributed by atoms with Crippen LogP contribution in [0.1, 0.15) is 10.5 Å². The largest absolute Gasteiger partial charge is 0.497 e. The van der Waals surface area contributed by atoms with Crippen LogP contribution >= 0.6 is 0 Å². The van der Waals surface area contributed by atoms with Gasteiger partial charge in [0.2, 0.25) is 0 Å². The first-order valence-corrected chi connectivity index (χ1v) is 6.07. The molecule has 1 N–H and O–H groups in total. The summed E-state index contributed by atoms with van der Waals surface area (Å²) in [5, 5.41) is 2.85. The zero-order valence-electron chi connectivity index (χ0n) is 11.6. The van der Waals surface area contributed by atoms with Crippen molar-refractivity contribution >= 4 is 17.4 Å². The topological polar surface area (TPSA) is 67.4 Å². The Labute approximate surface area is 117 Å². The normalized spacial score (nSPS) is 9.95. The van der Waals surface area contributed by atoms with Crippen LogP contribution in [0, 0.1) is 0 Å². The molecular weight excluding hydrogens is 256 g/mol. The third kappa shape index (κ3) is 2.85. The molecule has 0 saturated carbocycles. The van der Waals surface area contributed by atoms with Crippen molar-refractivity contribution < 1.29 is 9.53 Å². The van der Waals surface area contributed by atoms with Crippen molar-refractivity contribution in [2.45, 2.75) is 0 Å². The van der Waals surface area contributed by atoms with Gasteiger partial charge >= 0.3 is 0 Å². The first kappa shape index (κ1) is 13.8. The van der Waals surface area contributed by atoms with Gasteiger partial charge in [-0.3, -0.25) is 4.79 Å². The molecule has 1 heterocycles. The standard InChI is InChI=1S/C14H16N4O2/c1-15-13-9-16-12(8-17-13)14(19)18(2)10-5-4-6-11(7-10)20-3/h4-9H,1-3H3,(H,15,17). The summed E-state index contributed by atoms with van der Waals surface area (Å²) in [7, 11) is 5.02. The van der Waals surface area contributed by atoms with E-state index in [1.54, 1.807) is 27.3 Å². The van der Waals surface area contributed by atoms with Gasteiger partial charge in [0.1, 0.15) is 17.3 Å². The van der Waals surface area contributed by atoms with Gasteiger partial charge in [-0.05, 0) is 12.1 Å². The molecule has 0 spiro atoms. The van der Waals surface area contributed by atoms with Gasteiger partial charge in [0.25, 0.3) is 5.91 Å². The predicted molar refractivity (Wildman–Crippen MR) is 77.3 cm³/mol. The highest BCUT2D eigenvalue weighted by Crippen LogP contribution is 2.21. The lowest BCUT2D eigenvalue weighted by Gasteiger charge is -2.17. The van der Waals surface area contributed by atoms with Gasteiger partial charge in [-0.2, -0.15) is 0 Å². The fourth-order valence-electron chi connectivity index (χ4n) is 1.68. The molecule has 6 heteroatoms. The molecular formula is C14H16N4O2. The van der Waals surface area contributed by atoms with Crippen LogP contribution in [0.15, 0.2) is 36.7 Å². The maximum atomic E-state index is 12.3. The summed E-state index contributed by atoms with van der Waals surface area (Å²) in [5.74, 6) is 1.08. The van der Waals surface area contributed by atoms with Crippen LogP contribution in [0.4, 0.5) is 11.5 Å². The van der Waals surface area contributed by atoms with Gasteiger partial charge < -0.3 is 15.0 Å². The zero-order chi connectivity index (χ0) is 14.5. The molecule has 0 fully saturated rings. The molecule has 0 radical (unpaired) electrons. The Hall–Kier alpha value is -2.63. The Morgan fingerprint density at radius 3 is 2.70 bits per heavy atom. The number of hydrogen-bond donors (Lipinski definition) is 1. The van der Waals surface area contributed by atoms with Crippen LogP contribution in [-0.4, -0.2) is 37.1 Å². The van der Waals surface area contributed by atoms with E-state index >= 15 is 0 Å². The molecule has 0 aliphatic rings. The van der Waals surface area contributed by atoms with Crippen LogP contribution in [0.2, 0.25) is 0 Å². The number of anilines is 2. The van der Waals surface area contributed by atoms with E-state index in [4.69, 9.17) is 4.74 Å². The SMILES string of the molecule is CNc1cnc(C(=O)N(C)c2cccc(OC)c2)cn1. The average molecular weight is 272 g/mol. The zero-order valence-corrected chi connectivity index (χ0v) is 11.6. The van der Waals surface area contributed by atoms with E-state index in [1.807, 2.05) is 18.2 Å². The molecule has 2 aromatic rings. The van der Waals surface area contributed by atoms with Gasteiger partial charge in [0.15, 0.2) is 0 Å². The number of rotatable bonds is 4. The number of carbonyl (C=O) groups excluding carboxylic acids is 1. The van der Waals surface area contributed by atoms with Crippen molar-refractivity contribution in [2.24, 2.45) is 0 Å². The molecule has 0 unspecified atom stereocenters. The minimum atomic E-state index is -0.228. The van der Waals surface area contributed by atoms with Crippen LogP contribution in [0.5, 0.6) is 5.75 Å². The van der Waals surface area contributed by atoms with E-state index < -0.39 is 0 Å². The molecule has 0 atom stereocenters. The molecule has 0 bridgehead atoms. The van der Waals surface area contributed by atoms with Crippen molar-refractivity contribution in [1.82, 2.24) is 9.97 Å². The van der Waals surface area contributed by atoms with Crippen molar-refractivity contribution in [2.75, 3.05) is 31.4 Å². The van der Waals surface area contributed by atoms with Crippen LogP contribution < -0.4 is 15.0 Å². The third-order valence-corrected chi connectivity index (χ3v) is 2.87. The van der Waals surface area contributed by atoms with Crippen LogP contribution in [0.25, 0.3) is 0 Å². The van der Waals surface area contributed by atoms with Crippen molar-refractivity contribution in [3.8, 4) is 5.75 Å². The number of carbonyl (C=O) groups is 1. The molecule has 1 aromatic heterocycles. The minimum absolute atomic E-state index is 0.228. The van der Waals surface area contributed by atoms with Crippen molar-refractivity contribution in [1.29, 1.82) is 0 Å². The lowest BCUT2D eigenvalue weighted by molar-refractivity contribution is 0.0988. The number of benzene rings is 1. The second-order valence-electron chi connectivity index (χ2n) is 4.10. The predicted octanol–water partition coefficient (Wildman–Crippen LogP) is 1.80. The number of ether oxygens (including phenoxy) is 1. The highest BCUT2D eigenvalue weighted by atomic mass is 16.5. The first-order chi connectivity index (χ1) is 9.65. The summed E-state index contributed by atoms with van der Waals surface area (Å²) in [6, 6.07) is 7.26. The highest BCUT2D eigenvalue weighted by Gasteiger charge is 2.15. The van der Waals surface area contributed by atoms with Gasteiger partial charge in [-0.25, -0.2) is 9.97 Å². The number of nitrogens with one attached hydrogen (secondary N) is 1. The number of methoxy groups -OCH3 is 1. The highest BCUT2D eigenvalue weighted by molar-refractivity contribution is 6.04. The van der Waals surface area contributed by atoms with E-state index in [0.717, 1.165) is 5.69 Å². The fourth-order valence-corrected chi connectivity index (χ4v) is 1.68. The molecule has 2 rings (SSSR count). The number of amides is 1. The van der Waals surface area contributed by atoms with Gasteiger partial charge in [0, 0.05) is 25.8 Å². The lowest BCUT2D eigenvalue weighted by atomic mass is 10.2. The van der Waals surface area contributed by atoms with Crippen molar-refractivity contribution in [3.05, 3.63) is 42.4 Å². The van der Waals surface area contributed by atoms with Gasteiger partial charge in [0.05, 0.1) is 19.5 Å². The summed E-state index contributed by atoms with van der Waals surface area (Å²) < 4.78 is 5.15. The Balaban J connectivity index is 2.22. The summed E-state index contributed by atoms with van der Waals surface area (Å²) in [5.41, 5.74) is 1.02. The maximum absolute atomic E-state index is 12.3. The molecule has 1 aromatic carbocycles. The van der Waals surface area contributed by atoms with E-state index in [9.17, 15) is 4.79 Å². The Morgan fingerprint density at radius 2 is 2.10 bits per heavy atom. The molecule has 0 aliphatic heterocycles. The third-order valence-electron chi connectivity index (χ3n) is 2.87. The average Bonchev–Trinajstić information content (AvgIpc) is 2.53. The van der Waals surface area contributed by atoms with Gasteiger partial charge in [-0.1, -0.05) is 6.07 Å². The van der Waals surface area contributed by atoms with Crippen LogP contribution in [-0.2, 0) is 0 Å². The molecule has 104 valence electrons. The number of aromatic nitrogens is 2. The quantitative estimate of drug-likeness (QED) is 0.919. The van der Waals surface area contributed by atoms with Gasteiger partial charge in [-0.15, -0.1) is 0 Å². The molecule has 6 nitrogen and oxygen atoms in total. The first-order valence-electron chi connectivity index (χ1n) is 6.07. The van der Waals surface area contributed by atoms with E-state index in [2.05, 4.69) is 15.3 Å². The number of hydrogen-bond acceptors (Lipinski definition) is 5.